The molecule has 1 amide bonds. The van der Waals surface area contributed by atoms with Crippen LogP contribution < -0.4 is 16.2 Å². The van der Waals surface area contributed by atoms with Crippen molar-refractivity contribution in [1.29, 1.82) is 0 Å². The Morgan fingerprint density at radius 2 is 2.18 bits per heavy atom. The molecule has 0 saturated carbocycles. The van der Waals surface area contributed by atoms with Crippen LogP contribution in [0.15, 0.2) is 15.2 Å². The molecule has 0 unspecified atom stereocenters. The zero-order valence-corrected chi connectivity index (χ0v) is 13.8. The third kappa shape index (κ3) is 5.45. The van der Waals surface area contributed by atoms with E-state index in [2.05, 4.69) is 30.8 Å². The van der Waals surface area contributed by atoms with E-state index in [9.17, 15) is 9.59 Å². The second kappa shape index (κ2) is 7.90. The molecule has 2 aromatic heterocycles. The molecule has 2 heterocycles. The first kappa shape index (κ1) is 16.4. The van der Waals surface area contributed by atoms with Crippen LogP contribution in [-0.4, -0.2) is 44.9 Å². The standard InChI is InChI=1S/C12H16N6O2S2/c1-7-5-9(19)16-11(15-7)14-4-3-13-10(20)6-21-12-18-17-8(2)22-12/h5H,3-4,6H2,1-2H3,(H,13,20)(H2,14,15,16,19). The van der Waals surface area contributed by atoms with E-state index >= 15 is 0 Å². The number of aromatic nitrogens is 4. The maximum atomic E-state index is 11.7. The van der Waals surface area contributed by atoms with Gasteiger partial charge in [-0.25, -0.2) is 4.98 Å². The fourth-order valence-electron chi connectivity index (χ4n) is 1.56. The third-order valence-corrected chi connectivity index (χ3v) is 4.42. The van der Waals surface area contributed by atoms with Crippen LogP contribution in [0.2, 0.25) is 0 Å². The normalized spacial score (nSPS) is 10.5. The third-order valence-electron chi connectivity index (χ3n) is 2.44. The minimum Gasteiger partial charge on any atom is -0.354 e. The molecule has 0 radical (unpaired) electrons. The molecule has 8 nitrogen and oxygen atoms in total. The number of nitrogens with one attached hydrogen (secondary N) is 3. The largest absolute Gasteiger partial charge is 0.354 e. The molecule has 0 aliphatic carbocycles. The lowest BCUT2D eigenvalue weighted by Gasteiger charge is -2.07. The summed E-state index contributed by atoms with van der Waals surface area (Å²) in [4.78, 5) is 29.6. The van der Waals surface area contributed by atoms with Gasteiger partial charge in [-0.2, -0.15) is 0 Å². The van der Waals surface area contributed by atoms with Crippen molar-refractivity contribution in [1.82, 2.24) is 25.5 Å². The van der Waals surface area contributed by atoms with Crippen LogP contribution in [0.3, 0.4) is 0 Å². The Labute approximate surface area is 135 Å². The van der Waals surface area contributed by atoms with E-state index < -0.39 is 0 Å². The van der Waals surface area contributed by atoms with Gasteiger partial charge in [-0.15, -0.1) is 10.2 Å². The summed E-state index contributed by atoms with van der Waals surface area (Å²) in [5.41, 5.74) is 0.432. The number of carbonyl (C=O) groups excluding carboxylic acids is 1. The van der Waals surface area contributed by atoms with Crippen molar-refractivity contribution in [3.8, 4) is 0 Å². The number of anilines is 1. The smallest absolute Gasteiger partial charge is 0.252 e. The van der Waals surface area contributed by atoms with Crippen LogP contribution in [0.25, 0.3) is 0 Å². The highest BCUT2D eigenvalue weighted by Crippen LogP contribution is 2.21. The Hall–Kier alpha value is -1.94. The molecule has 0 bridgehead atoms. The lowest BCUT2D eigenvalue weighted by atomic mass is 10.4. The van der Waals surface area contributed by atoms with E-state index in [0.29, 0.717) is 30.5 Å². The first-order valence-corrected chi connectivity index (χ1v) is 8.34. The van der Waals surface area contributed by atoms with Crippen molar-refractivity contribution >= 4 is 35.0 Å². The van der Waals surface area contributed by atoms with Gasteiger partial charge in [0, 0.05) is 24.8 Å². The van der Waals surface area contributed by atoms with Gasteiger partial charge in [0.25, 0.3) is 5.56 Å². The van der Waals surface area contributed by atoms with Crippen LogP contribution in [0.4, 0.5) is 5.95 Å². The zero-order chi connectivity index (χ0) is 15.9. The Bertz CT molecular complexity index is 699. The van der Waals surface area contributed by atoms with Crippen LogP contribution >= 0.6 is 23.1 Å². The molecule has 0 saturated heterocycles. The first-order chi connectivity index (χ1) is 10.5. The minimum absolute atomic E-state index is 0.0784. The number of hydrogen-bond donors (Lipinski definition) is 3. The highest BCUT2D eigenvalue weighted by Gasteiger charge is 2.06. The van der Waals surface area contributed by atoms with Gasteiger partial charge in [0.15, 0.2) is 4.34 Å². The average molecular weight is 340 g/mol. The highest BCUT2D eigenvalue weighted by atomic mass is 32.2. The van der Waals surface area contributed by atoms with Gasteiger partial charge in [0.2, 0.25) is 11.9 Å². The second-order valence-corrected chi connectivity index (χ2v) is 6.79. The van der Waals surface area contributed by atoms with Crippen molar-refractivity contribution in [2.24, 2.45) is 0 Å². The number of amides is 1. The fraction of sp³-hybridized carbons (Fsp3) is 0.417. The first-order valence-electron chi connectivity index (χ1n) is 6.54. The topological polar surface area (TPSA) is 113 Å². The maximum Gasteiger partial charge on any atom is 0.252 e. The molecule has 2 rings (SSSR count). The molecular weight excluding hydrogens is 324 g/mol. The predicted molar refractivity (Wildman–Crippen MR) is 86.5 cm³/mol. The summed E-state index contributed by atoms with van der Waals surface area (Å²) >= 11 is 2.82. The van der Waals surface area contributed by atoms with E-state index in [-0.39, 0.29) is 11.5 Å². The Kier molecular flexibility index (Phi) is 5.90. The van der Waals surface area contributed by atoms with Gasteiger partial charge in [-0.1, -0.05) is 23.1 Å². The van der Waals surface area contributed by atoms with Crippen LogP contribution in [0, 0.1) is 13.8 Å². The van der Waals surface area contributed by atoms with Crippen molar-refractivity contribution < 1.29 is 4.79 Å². The van der Waals surface area contributed by atoms with Crippen LogP contribution in [0.5, 0.6) is 0 Å². The van der Waals surface area contributed by atoms with Gasteiger partial charge in [-0.3, -0.25) is 14.6 Å². The Morgan fingerprint density at radius 1 is 1.36 bits per heavy atom. The molecule has 0 spiro atoms. The fourth-order valence-corrected chi connectivity index (χ4v) is 3.21. The SMILES string of the molecule is Cc1cc(=O)[nH]c(NCCNC(=O)CSc2nnc(C)s2)n1. The van der Waals surface area contributed by atoms with Crippen molar-refractivity contribution in [2.45, 2.75) is 18.2 Å². The minimum atomic E-state index is -0.206. The molecule has 22 heavy (non-hydrogen) atoms. The summed E-state index contributed by atoms with van der Waals surface area (Å²) in [5, 5.41) is 14.4. The number of aryl methyl sites for hydroxylation is 2. The number of aromatic amines is 1. The number of H-pyrrole nitrogens is 1. The van der Waals surface area contributed by atoms with Gasteiger partial charge >= 0.3 is 0 Å². The Balaban J connectivity index is 1.65. The highest BCUT2D eigenvalue weighted by molar-refractivity contribution is 8.01. The molecule has 0 atom stereocenters. The molecular formula is C12H16N6O2S2. The number of nitrogens with zero attached hydrogens (tertiary/aromatic N) is 3. The summed E-state index contributed by atoms with van der Waals surface area (Å²) in [6, 6.07) is 1.42. The Morgan fingerprint density at radius 3 is 2.86 bits per heavy atom. The number of hydrogen-bond acceptors (Lipinski definition) is 8. The van der Waals surface area contributed by atoms with Gasteiger partial charge in [0.1, 0.15) is 5.01 Å². The molecule has 2 aromatic rings. The summed E-state index contributed by atoms with van der Waals surface area (Å²) in [5.74, 6) is 0.622. The molecule has 0 aliphatic heterocycles. The number of rotatable bonds is 7. The zero-order valence-electron chi connectivity index (χ0n) is 12.2. The quantitative estimate of drug-likeness (QED) is 0.498. The molecule has 0 fully saturated rings. The molecule has 10 heteroatoms. The number of thioether (sulfide) groups is 1. The molecule has 0 aliphatic rings. The van der Waals surface area contributed by atoms with Gasteiger partial charge < -0.3 is 10.6 Å². The monoisotopic (exact) mass is 340 g/mol. The molecule has 0 aromatic carbocycles. The van der Waals surface area contributed by atoms with Crippen molar-refractivity contribution in [2.75, 3.05) is 24.2 Å². The summed E-state index contributed by atoms with van der Waals surface area (Å²) in [6.45, 7) is 4.53. The molecule has 3 N–H and O–H groups in total. The predicted octanol–water partition coefficient (Wildman–Crippen LogP) is 0.559. The van der Waals surface area contributed by atoms with Crippen molar-refractivity contribution in [3.05, 3.63) is 27.1 Å². The van der Waals surface area contributed by atoms with Gasteiger partial charge in [0.05, 0.1) is 5.75 Å². The van der Waals surface area contributed by atoms with E-state index in [1.165, 1.54) is 29.2 Å². The van der Waals surface area contributed by atoms with E-state index in [1.807, 2.05) is 6.92 Å². The average Bonchev–Trinajstić information content (AvgIpc) is 2.86. The molecule has 118 valence electrons. The second-order valence-electron chi connectivity index (χ2n) is 4.39. The van der Waals surface area contributed by atoms with Crippen molar-refractivity contribution in [3.63, 3.8) is 0 Å². The van der Waals surface area contributed by atoms with E-state index in [4.69, 9.17) is 0 Å². The summed E-state index contributed by atoms with van der Waals surface area (Å²) in [7, 11) is 0. The number of carbonyl (C=O) groups is 1. The van der Waals surface area contributed by atoms with Gasteiger partial charge in [-0.05, 0) is 13.8 Å². The van der Waals surface area contributed by atoms with E-state index in [1.54, 1.807) is 6.92 Å². The lowest BCUT2D eigenvalue weighted by molar-refractivity contribution is -0.118. The van der Waals surface area contributed by atoms with Crippen LogP contribution in [0.1, 0.15) is 10.7 Å². The maximum absolute atomic E-state index is 11.7. The van der Waals surface area contributed by atoms with E-state index in [0.717, 1.165) is 9.35 Å². The lowest BCUT2D eigenvalue weighted by Crippen LogP contribution is -2.30. The van der Waals surface area contributed by atoms with Crippen LogP contribution in [-0.2, 0) is 4.79 Å². The summed E-state index contributed by atoms with van der Waals surface area (Å²) < 4.78 is 0.785. The summed E-state index contributed by atoms with van der Waals surface area (Å²) in [6.07, 6.45) is 0.